The fraction of sp³-hybridized carbons (Fsp3) is 0.364. The van der Waals surface area contributed by atoms with E-state index in [9.17, 15) is 14.9 Å². The number of hydrogen-bond donors (Lipinski definition) is 2. The number of nitrogens with zero attached hydrogens (tertiary/aromatic N) is 1. The minimum Gasteiger partial charge on any atom is -0.383 e. The van der Waals surface area contributed by atoms with Crippen LogP contribution in [0.4, 0.5) is 11.4 Å². The van der Waals surface area contributed by atoms with Gasteiger partial charge in [-0.1, -0.05) is 11.6 Å². The number of halogens is 1. The Morgan fingerprint density at radius 3 is 2.89 bits per heavy atom. The van der Waals surface area contributed by atoms with E-state index in [2.05, 4.69) is 10.6 Å². The molecule has 1 aromatic carbocycles. The fourth-order valence-electron chi connectivity index (χ4n) is 1.34. The van der Waals surface area contributed by atoms with Crippen molar-refractivity contribution in [1.82, 2.24) is 5.32 Å². The number of nitro benzene ring substituents is 1. The summed E-state index contributed by atoms with van der Waals surface area (Å²) in [6.07, 6.45) is 0. The lowest BCUT2D eigenvalue weighted by atomic mass is 10.2. The Labute approximate surface area is 115 Å². The average molecular weight is 288 g/mol. The minimum atomic E-state index is -0.540. The quantitative estimate of drug-likeness (QED) is 0.449. The second-order valence-corrected chi connectivity index (χ2v) is 4.05. The van der Waals surface area contributed by atoms with E-state index in [1.165, 1.54) is 25.3 Å². The Morgan fingerprint density at radius 1 is 1.53 bits per heavy atom. The predicted octanol–water partition coefficient (Wildman–Crippen LogP) is 1.42. The van der Waals surface area contributed by atoms with Gasteiger partial charge >= 0.3 is 0 Å². The second-order valence-electron chi connectivity index (χ2n) is 3.61. The number of carbonyl (C=O) groups excluding carboxylic acids is 1. The minimum absolute atomic E-state index is 0.0785. The number of benzene rings is 1. The molecule has 1 rings (SSSR count). The number of nitro groups is 1. The summed E-state index contributed by atoms with van der Waals surface area (Å²) in [6, 6.07) is 4.11. The Hall–Kier alpha value is -1.86. The van der Waals surface area contributed by atoms with Gasteiger partial charge in [-0.25, -0.2) is 0 Å². The third-order valence-electron chi connectivity index (χ3n) is 2.22. The van der Waals surface area contributed by atoms with Gasteiger partial charge in [0.05, 0.1) is 18.1 Å². The molecule has 0 heterocycles. The molecule has 0 atom stereocenters. The van der Waals surface area contributed by atoms with Gasteiger partial charge in [0.25, 0.3) is 5.69 Å². The molecular formula is C11H14ClN3O4. The summed E-state index contributed by atoms with van der Waals surface area (Å²) in [6.45, 7) is 0.711. The van der Waals surface area contributed by atoms with Gasteiger partial charge in [0.2, 0.25) is 5.91 Å². The predicted molar refractivity (Wildman–Crippen MR) is 71.5 cm³/mol. The Kier molecular flexibility index (Phi) is 6.04. The molecule has 0 saturated heterocycles. The van der Waals surface area contributed by atoms with Crippen molar-refractivity contribution in [3.63, 3.8) is 0 Å². The van der Waals surface area contributed by atoms with Crippen molar-refractivity contribution in [2.45, 2.75) is 0 Å². The van der Waals surface area contributed by atoms with Gasteiger partial charge < -0.3 is 15.4 Å². The SMILES string of the molecule is COCCNC(=O)CNc1cc(Cl)ccc1[N+](=O)[O-]. The molecule has 1 amide bonds. The molecule has 0 radical (unpaired) electrons. The number of rotatable bonds is 7. The monoisotopic (exact) mass is 287 g/mol. The molecule has 0 aliphatic heterocycles. The molecule has 19 heavy (non-hydrogen) atoms. The summed E-state index contributed by atoms with van der Waals surface area (Å²) >= 11 is 5.76. The molecule has 0 saturated carbocycles. The van der Waals surface area contributed by atoms with E-state index in [1.807, 2.05) is 0 Å². The molecule has 0 aliphatic carbocycles. The van der Waals surface area contributed by atoms with Crippen molar-refractivity contribution in [2.75, 3.05) is 32.1 Å². The number of nitrogens with one attached hydrogen (secondary N) is 2. The number of carbonyl (C=O) groups is 1. The zero-order chi connectivity index (χ0) is 14.3. The average Bonchev–Trinajstić information content (AvgIpc) is 2.36. The molecule has 2 N–H and O–H groups in total. The lowest BCUT2D eigenvalue weighted by molar-refractivity contribution is -0.383. The molecule has 1 aromatic rings. The normalized spacial score (nSPS) is 10.0. The van der Waals surface area contributed by atoms with E-state index in [0.717, 1.165) is 0 Å². The third-order valence-corrected chi connectivity index (χ3v) is 2.46. The Bertz CT molecular complexity index is 467. The highest BCUT2D eigenvalue weighted by Gasteiger charge is 2.14. The highest BCUT2D eigenvalue weighted by Crippen LogP contribution is 2.27. The van der Waals surface area contributed by atoms with Crippen molar-refractivity contribution in [3.8, 4) is 0 Å². The topological polar surface area (TPSA) is 93.5 Å². The number of hydrogen-bond acceptors (Lipinski definition) is 5. The smallest absolute Gasteiger partial charge is 0.292 e. The van der Waals surface area contributed by atoms with E-state index in [1.54, 1.807) is 0 Å². The largest absolute Gasteiger partial charge is 0.383 e. The molecule has 7 nitrogen and oxygen atoms in total. The molecule has 0 fully saturated rings. The van der Waals surface area contributed by atoms with E-state index in [4.69, 9.17) is 16.3 Å². The van der Waals surface area contributed by atoms with Gasteiger partial charge in [-0.2, -0.15) is 0 Å². The van der Waals surface area contributed by atoms with Gasteiger partial charge in [-0.3, -0.25) is 14.9 Å². The Morgan fingerprint density at radius 2 is 2.26 bits per heavy atom. The van der Waals surface area contributed by atoms with Crippen LogP contribution in [-0.2, 0) is 9.53 Å². The number of methoxy groups -OCH3 is 1. The number of amides is 1. The van der Waals surface area contributed by atoms with E-state index in [-0.39, 0.29) is 23.8 Å². The number of ether oxygens (including phenoxy) is 1. The summed E-state index contributed by atoms with van der Waals surface area (Å²) < 4.78 is 4.78. The summed E-state index contributed by atoms with van der Waals surface area (Å²) in [4.78, 5) is 21.7. The summed E-state index contributed by atoms with van der Waals surface area (Å²) in [5.41, 5.74) is 0.0773. The molecule has 0 aliphatic rings. The van der Waals surface area contributed by atoms with Crippen LogP contribution in [0, 0.1) is 10.1 Å². The zero-order valence-corrected chi connectivity index (χ0v) is 11.1. The van der Waals surface area contributed by atoms with Crippen molar-refractivity contribution < 1.29 is 14.5 Å². The van der Waals surface area contributed by atoms with Gasteiger partial charge in [-0.05, 0) is 12.1 Å². The first-order valence-electron chi connectivity index (χ1n) is 5.48. The van der Waals surface area contributed by atoms with E-state index in [0.29, 0.717) is 18.2 Å². The maximum absolute atomic E-state index is 11.4. The van der Waals surface area contributed by atoms with Crippen molar-refractivity contribution in [1.29, 1.82) is 0 Å². The zero-order valence-electron chi connectivity index (χ0n) is 10.3. The highest BCUT2D eigenvalue weighted by molar-refractivity contribution is 6.31. The third kappa shape index (κ3) is 5.11. The fourth-order valence-corrected chi connectivity index (χ4v) is 1.51. The van der Waals surface area contributed by atoms with Crippen LogP contribution in [0.1, 0.15) is 0 Å². The maximum atomic E-state index is 11.4. The van der Waals surface area contributed by atoms with Crippen LogP contribution in [0.5, 0.6) is 0 Å². The van der Waals surface area contributed by atoms with Gasteiger partial charge in [0.1, 0.15) is 5.69 Å². The molecule has 0 unspecified atom stereocenters. The van der Waals surface area contributed by atoms with Crippen LogP contribution in [-0.4, -0.2) is 37.6 Å². The van der Waals surface area contributed by atoms with Crippen molar-refractivity contribution in [3.05, 3.63) is 33.3 Å². The first kappa shape index (κ1) is 15.2. The molecular weight excluding hydrogens is 274 g/mol. The lowest BCUT2D eigenvalue weighted by Gasteiger charge is -2.08. The highest BCUT2D eigenvalue weighted by atomic mass is 35.5. The molecule has 8 heteroatoms. The van der Waals surface area contributed by atoms with Crippen LogP contribution >= 0.6 is 11.6 Å². The first-order valence-corrected chi connectivity index (χ1v) is 5.86. The molecule has 0 bridgehead atoms. The summed E-state index contributed by atoms with van der Waals surface area (Å²) in [5, 5.41) is 16.4. The van der Waals surface area contributed by atoms with E-state index >= 15 is 0 Å². The number of anilines is 1. The molecule has 104 valence electrons. The van der Waals surface area contributed by atoms with Crippen LogP contribution in [0.15, 0.2) is 18.2 Å². The van der Waals surface area contributed by atoms with Gasteiger partial charge in [0, 0.05) is 24.7 Å². The van der Waals surface area contributed by atoms with Crippen LogP contribution in [0.2, 0.25) is 5.02 Å². The Balaban J connectivity index is 2.59. The van der Waals surface area contributed by atoms with E-state index < -0.39 is 4.92 Å². The van der Waals surface area contributed by atoms with Crippen LogP contribution in [0.3, 0.4) is 0 Å². The van der Waals surface area contributed by atoms with Gasteiger partial charge in [-0.15, -0.1) is 0 Å². The van der Waals surface area contributed by atoms with Crippen LogP contribution < -0.4 is 10.6 Å². The second kappa shape index (κ2) is 7.55. The molecule has 0 aromatic heterocycles. The molecule has 0 spiro atoms. The first-order chi connectivity index (χ1) is 9.04. The van der Waals surface area contributed by atoms with Gasteiger partial charge in [0.15, 0.2) is 0 Å². The van der Waals surface area contributed by atoms with Crippen LogP contribution in [0.25, 0.3) is 0 Å². The maximum Gasteiger partial charge on any atom is 0.292 e. The lowest BCUT2D eigenvalue weighted by Crippen LogP contribution is -2.32. The van der Waals surface area contributed by atoms with Crippen molar-refractivity contribution in [2.24, 2.45) is 0 Å². The standard InChI is InChI=1S/C11H14ClN3O4/c1-19-5-4-13-11(16)7-14-9-6-8(12)2-3-10(9)15(17)18/h2-3,6,14H,4-5,7H2,1H3,(H,13,16). The summed E-state index contributed by atoms with van der Waals surface area (Å²) in [7, 11) is 1.53. The summed E-state index contributed by atoms with van der Waals surface area (Å²) in [5.74, 6) is -0.286. The van der Waals surface area contributed by atoms with Crippen molar-refractivity contribution >= 4 is 28.9 Å².